The van der Waals surface area contributed by atoms with Crippen LogP contribution in [0.25, 0.3) is 0 Å². The SMILES string of the molecule is CC1SCC(c2noc(CC3CNCCO3)n2)SC1C. The molecule has 1 aromatic heterocycles. The first kappa shape index (κ1) is 14.7. The van der Waals surface area contributed by atoms with Crippen LogP contribution in [0.15, 0.2) is 4.52 Å². The van der Waals surface area contributed by atoms with Crippen LogP contribution in [-0.2, 0) is 11.2 Å². The lowest BCUT2D eigenvalue weighted by Gasteiger charge is -2.29. The van der Waals surface area contributed by atoms with Crippen LogP contribution in [0, 0.1) is 0 Å². The Kier molecular flexibility index (Phi) is 4.91. The first-order valence-corrected chi connectivity index (χ1v) is 9.13. The van der Waals surface area contributed by atoms with Crippen LogP contribution in [0.2, 0.25) is 0 Å². The maximum absolute atomic E-state index is 5.67. The van der Waals surface area contributed by atoms with Gasteiger partial charge in [0.2, 0.25) is 5.89 Å². The van der Waals surface area contributed by atoms with E-state index in [1.54, 1.807) is 0 Å². The Labute approximate surface area is 128 Å². The smallest absolute Gasteiger partial charge is 0.229 e. The van der Waals surface area contributed by atoms with E-state index in [0.717, 1.165) is 31.3 Å². The van der Waals surface area contributed by atoms with Gasteiger partial charge >= 0.3 is 0 Å². The van der Waals surface area contributed by atoms with Crippen molar-refractivity contribution in [2.24, 2.45) is 0 Å². The molecule has 3 rings (SSSR count). The predicted molar refractivity (Wildman–Crippen MR) is 82.3 cm³/mol. The monoisotopic (exact) mass is 315 g/mol. The molecule has 0 bridgehead atoms. The number of ether oxygens (including phenoxy) is 1. The molecule has 1 aromatic rings. The van der Waals surface area contributed by atoms with E-state index < -0.39 is 0 Å². The van der Waals surface area contributed by atoms with Gasteiger partial charge in [-0.15, -0.1) is 11.8 Å². The second kappa shape index (κ2) is 6.68. The third-order valence-electron chi connectivity index (χ3n) is 3.73. The summed E-state index contributed by atoms with van der Waals surface area (Å²) in [5, 5.41) is 9.17. The molecule has 2 aliphatic heterocycles. The van der Waals surface area contributed by atoms with Crippen molar-refractivity contribution in [1.29, 1.82) is 0 Å². The van der Waals surface area contributed by atoms with Gasteiger partial charge in [-0.3, -0.25) is 0 Å². The minimum Gasteiger partial charge on any atom is -0.375 e. The van der Waals surface area contributed by atoms with Gasteiger partial charge in [0.05, 0.1) is 24.4 Å². The fourth-order valence-electron chi connectivity index (χ4n) is 2.35. The maximum Gasteiger partial charge on any atom is 0.229 e. The van der Waals surface area contributed by atoms with Crippen LogP contribution in [0.1, 0.15) is 30.8 Å². The van der Waals surface area contributed by atoms with Crippen molar-refractivity contribution in [2.75, 3.05) is 25.4 Å². The second-order valence-electron chi connectivity index (χ2n) is 5.32. The van der Waals surface area contributed by atoms with Gasteiger partial charge in [0.1, 0.15) is 0 Å². The van der Waals surface area contributed by atoms with Crippen molar-refractivity contribution in [2.45, 2.75) is 42.1 Å². The Morgan fingerprint density at radius 2 is 2.25 bits per heavy atom. The van der Waals surface area contributed by atoms with Crippen LogP contribution in [0.4, 0.5) is 0 Å². The van der Waals surface area contributed by atoms with E-state index in [4.69, 9.17) is 9.26 Å². The Hall–Kier alpha value is -0.240. The van der Waals surface area contributed by atoms with E-state index in [1.807, 2.05) is 23.5 Å². The van der Waals surface area contributed by atoms with Crippen molar-refractivity contribution in [1.82, 2.24) is 15.5 Å². The highest BCUT2D eigenvalue weighted by Crippen LogP contribution is 2.43. The lowest BCUT2D eigenvalue weighted by Crippen LogP contribution is -2.39. The number of morpholine rings is 1. The number of nitrogens with zero attached hydrogens (tertiary/aromatic N) is 2. The lowest BCUT2D eigenvalue weighted by atomic mass is 10.2. The summed E-state index contributed by atoms with van der Waals surface area (Å²) in [7, 11) is 0. The molecule has 1 N–H and O–H groups in total. The van der Waals surface area contributed by atoms with E-state index in [9.17, 15) is 0 Å². The van der Waals surface area contributed by atoms with Crippen LogP contribution < -0.4 is 5.32 Å². The molecule has 2 aliphatic rings. The van der Waals surface area contributed by atoms with Crippen molar-refractivity contribution in [3.8, 4) is 0 Å². The standard InChI is InChI=1S/C13H21N3O2S2/c1-8-9(2)20-11(7-19-8)13-15-12(18-16-13)5-10-6-14-3-4-17-10/h8-11,14H,3-7H2,1-2H3. The van der Waals surface area contributed by atoms with E-state index in [2.05, 4.69) is 29.3 Å². The third kappa shape index (κ3) is 3.50. The zero-order valence-electron chi connectivity index (χ0n) is 11.9. The van der Waals surface area contributed by atoms with Gasteiger partial charge < -0.3 is 14.6 Å². The van der Waals surface area contributed by atoms with Crippen LogP contribution >= 0.6 is 23.5 Å². The van der Waals surface area contributed by atoms with Gasteiger partial charge in [-0.1, -0.05) is 19.0 Å². The van der Waals surface area contributed by atoms with E-state index >= 15 is 0 Å². The molecule has 0 aliphatic carbocycles. The minimum absolute atomic E-state index is 0.157. The van der Waals surface area contributed by atoms with Crippen LogP contribution in [0.3, 0.4) is 0 Å². The highest BCUT2D eigenvalue weighted by molar-refractivity contribution is 8.07. The summed E-state index contributed by atoms with van der Waals surface area (Å²) in [6.45, 7) is 7.11. The van der Waals surface area contributed by atoms with Gasteiger partial charge in [-0.2, -0.15) is 16.7 Å². The molecule has 0 radical (unpaired) electrons. The quantitative estimate of drug-likeness (QED) is 0.914. The van der Waals surface area contributed by atoms with Crippen molar-refractivity contribution < 1.29 is 9.26 Å². The molecule has 4 unspecified atom stereocenters. The van der Waals surface area contributed by atoms with Crippen LogP contribution in [0.5, 0.6) is 0 Å². The molecule has 4 atom stereocenters. The molecule has 0 amide bonds. The van der Waals surface area contributed by atoms with Crippen LogP contribution in [-0.4, -0.2) is 52.2 Å². The Morgan fingerprint density at radius 1 is 1.35 bits per heavy atom. The molecule has 3 heterocycles. The molecule has 7 heteroatoms. The van der Waals surface area contributed by atoms with Gasteiger partial charge in [0, 0.05) is 29.3 Å². The molecule has 0 spiro atoms. The van der Waals surface area contributed by atoms with Crippen molar-refractivity contribution in [3.63, 3.8) is 0 Å². The number of aromatic nitrogens is 2. The molecule has 5 nitrogen and oxygen atoms in total. The number of thioether (sulfide) groups is 2. The highest BCUT2D eigenvalue weighted by Gasteiger charge is 2.30. The van der Waals surface area contributed by atoms with E-state index in [-0.39, 0.29) is 6.10 Å². The molecular formula is C13H21N3O2S2. The summed E-state index contributed by atoms with van der Waals surface area (Å²) < 4.78 is 11.1. The first-order chi connectivity index (χ1) is 9.72. The summed E-state index contributed by atoms with van der Waals surface area (Å²) in [5.41, 5.74) is 0. The molecule has 0 aromatic carbocycles. The largest absolute Gasteiger partial charge is 0.375 e. The second-order valence-corrected chi connectivity index (χ2v) is 8.31. The number of hydrogen-bond acceptors (Lipinski definition) is 7. The molecular weight excluding hydrogens is 294 g/mol. The lowest BCUT2D eigenvalue weighted by molar-refractivity contribution is 0.0246. The summed E-state index contributed by atoms with van der Waals surface area (Å²) in [5.74, 6) is 2.61. The fraction of sp³-hybridized carbons (Fsp3) is 0.846. The predicted octanol–water partition coefficient (Wildman–Crippen LogP) is 1.90. The average molecular weight is 315 g/mol. The third-order valence-corrected chi connectivity index (χ3v) is 7.12. The van der Waals surface area contributed by atoms with Gasteiger partial charge in [-0.05, 0) is 0 Å². The van der Waals surface area contributed by atoms with E-state index in [0.29, 0.717) is 28.1 Å². The topological polar surface area (TPSA) is 60.2 Å². The number of nitrogens with one attached hydrogen (secondary N) is 1. The first-order valence-electron chi connectivity index (χ1n) is 7.14. The number of hydrogen-bond donors (Lipinski definition) is 1. The Morgan fingerprint density at radius 3 is 3.00 bits per heavy atom. The molecule has 2 fully saturated rings. The zero-order valence-corrected chi connectivity index (χ0v) is 13.5. The minimum atomic E-state index is 0.157. The van der Waals surface area contributed by atoms with Gasteiger partial charge in [-0.25, -0.2) is 0 Å². The van der Waals surface area contributed by atoms with Crippen molar-refractivity contribution in [3.05, 3.63) is 11.7 Å². The summed E-state index contributed by atoms with van der Waals surface area (Å²) in [4.78, 5) is 4.57. The molecule has 0 saturated carbocycles. The maximum atomic E-state index is 5.67. The zero-order chi connectivity index (χ0) is 13.9. The Balaban J connectivity index is 1.58. The fourth-order valence-corrected chi connectivity index (χ4v) is 5.18. The summed E-state index contributed by atoms with van der Waals surface area (Å²) >= 11 is 3.95. The van der Waals surface area contributed by atoms with E-state index in [1.165, 1.54) is 0 Å². The summed E-state index contributed by atoms with van der Waals surface area (Å²) in [6, 6.07) is 0. The molecule has 2 saturated heterocycles. The van der Waals surface area contributed by atoms with Gasteiger partial charge in [0.25, 0.3) is 0 Å². The molecule has 112 valence electrons. The number of rotatable bonds is 3. The molecule has 20 heavy (non-hydrogen) atoms. The van der Waals surface area contributed by atoms with Gasteiger partial charge in [0.15, 0.2) is 5.82 Å². The summed E-state index contributed by atoms with van der Waals surface area (Å²) in [6.07, 6.45) is 0.862. The Bertz CT molecular complexity index is 437. The van der Waals surface area contributed by atoms with Crippen molar-refractivity contribution >= 4 is 23.5 Å². The average Bonchev–Trinajstić information content (AvgIpc) is 2.91. The highest BCUT2D eigenvalue weighted by atomic mass is 32.2. The normalized spacial score (nSPS) is 35.1.